The molecule has 1 N–H and O–H groups in total. The van der Waals surface area contributed by atoms with Crippen molar-refractivity contribution in [3.05, 3.63) is 40.8 Å². The average Bonchev–Trinajstić information content (AvgIpc) is 2.86. The maximum absolute atomic E-state index is 11.6. The molecule has 2 aromatic rings. The molecule has 0 aliphatic heterocycles. The molecule has 2 heterocycles. The van der Waals surface area contributed by atoms with E-state index in [0.717, 1.165) is 0 Å². The maximum Gasteiger partial charge on any atom is 0.341 e. The van der Waals surface area contributed by atoms with Crippen LogP contribution in [-0.4, -0.2) is 38.4 Å². The number of carboxylic acids is 1. The molecule has 110 valence electrons. The van der Waals surface area contributed by atoms with E-state index in [0.29, 0.717) is 11.3 Å². The summed E-state index contributed by atoms with van der Waals surface area (Å²) in [6.07, 6.45) is 2.73. The van der Waals surface area contributed by atoms with Crippen molar-refractivity contribution in [1.29, 1.82) is 0 Å². The van der Waals surface area contributed by atoms with E-state index < -0.39 is 11.9 Å². The molecule has 0 spiro atoms. The van der Waals surface area contributed by atoms with Crippen molar-refractivity contribution in [2.75, 3.05) is 6.61 Å². The molecule has 0 aliphatic rings. The van der Waals surface area contributed by atoms with Gasteiger partial charge in [0.2, 0.25) is 0 Å². The standard InChI is InChI=1S/C14H15N3O4/c1-4-21-14(20)10-6-15-17(7-10)12-11(13(18)19)8(2)5-9(3)16-12/h5-7H,4H2,1-3H3,(H,18,19). The third-order valence-electron chi connectivity index (χ3n) is 2.85. The zero-order chi connectivity index (χ0) is 15.6. The second-order valence-corrected chi connectivity index (χ2v) is 4.48. The van der Waals surface area contributed by atoms with Gasteiger partial charge in [-0.05, 0) is 32.4 Å². The van der Waals surface area contributed by atoms with Crippen LogP contribution < -0.4 is 0 Å². The number of pyridine rings is 1. The Morgan fingerprint density at radius 1 is 1.38 bits per heavy atom. The van der Waals surface area contributed by atoms with E-state index in [9.17, 15) is 14.7 Å². The third-order valence-corrected chi connectivity index (χ3v) is 2.85. The molecule has 0 saturated carbocycles. The Labute approximate surface area is 121 Å². The number of rotatable bonds is 4. The first-order valence-electron chi connectivity index (χ1n) is 6.37. The fraction of sp³-hybridized carbons (Fsp3) is 0.286. The fourth-order valence-corrected chi connectivity index (χ4v) is 2.01. The largest absolute Gasteiger partial charge is 0.478 e. The van der Waals surface area contributed by atoms with Gasteiger partial charge in [0.05, 0.1) is 18.4 Å². The Bertz CT molecular complexity index is 706. The number of carboxylic acid groups (broad SMARTS) is 1. The van der Waals surface area contributed by atoms with Gasteiger partial charge in [-0.3, -0.25) is 0 Å². The van der Waals surface area contributed by atoms with Crippen LogP contribution in [0.3, 0.4) is 0 Å². The lowest BCUT2D eigenvalue weighted by atomic mass is 10.1. The molecule has 0 atom stereocenters. The Hall–Kier alpha value is -2.70. The number of carbonyl (C=O) groups is 2. The number of ether oxygens (including phenoxy) is 1. The number of esters is 1. The van der Waals surface area contributed by atoms with Gasteiger partial charge in [0.1, 0.15) is 5.56 Å². The van der Waals surface area contributed by atoms with Gasteiger partial charge in [0, 0.05) is 11.9 Å². The zero-order valence-corrected chi connectivity index (χ0v) is 12.0. The Morgan fingerprint density at radius 3 is 2.71 bits per heavy atom. The van der Waals surface area contributed by atoms with Gasteiger partial charge in [-0.25, -0.2) is 19.3 Å². The SMILES string of the molecule is CCOC(=O)c1cnn(-c2nc(C)cc(C)c2C(=O)O)c1. The predicted octanol–water partition coefficient (Wildman–Crippen LogP) is 1.76. The van der Waals surface area contributed by atoms with Crippen molar-refractivity contribution in [2.45, 2.75) is 20.8 Å². The number of hydrogen-bond acceptors (Lipinski definition) is 5. The summed E-state index contributed by atoms with van der Waals surface area (Å²) in [4.78, 5) is 27.2. The Balaban J connectivity index is 2.52. The van der Waals surface area contributed by atoms with Crippen LogP contribution in [0.25, 0.3) is 5.82 Å². The van der Waals surface area contributed by atoms with Gasteiger partial charge in [-0.2, -0.15) is 5.10 Å². The number of carbonyl (C=O) groups excluding carboxylic acids is 1. The highest BCUT2D eigenvalue weighted by Gasteiger charge is 2.19. The second kappa shape index (κ2) is 5.74. The molecule has 2 rings (SSSR count). The van der Waals surface area contributed by atoms with Crippen molar-refractivity contribution in [3.8, 4) is 5.82 Å². The maximum atomic E-state index is 11.6. The smallest absolute Gasteiger partial charge is 0.341 e. The topological polar surface area (TPSA) is 94.3 Å². The minimum atomic E-state index is -1.09. The lowest BCUT2D eigenvalue weighted by molar-refractivity contribution is 0.0526. The molecule has 0 saturated heterocycles. The van der Waals surface area contributed by atoms with Gasteiger partial charge < -0.3 is 9.84 Å². The highest BCUT2D eigenvalue weighted by Crippen LogP contribution is 2.18. The summed E-state index contributed by atoms with van der Waals surface area (Å²) < 4.78 is 6.15. The van der Waals surface area contributed by atoms with Gasteiger partial charge in [-0.1, -0.05) is 0 Å². The lowest BCUT2D eigenvalue weighted by Gasteiger charge is -2.09. The summed E-state index contributed by atoms with van der Waals surface area (Å²) >= 11 is 0. The number of aryl methyl sites for hydroxylation is 2. The molecule has 0 amide bonds. The minimum absolute atomic E-state index is 0.0547. The Morgan fingerprint density at radius 2 is 2.10 bits per heavy atom. The monoisotopic (exact) mass is 289 g/mol. The van der Waals surface area contributed by atoms with Crippen molar-refractivity contribution in [1.82, 2.24) is 14.8 Å². The number of nitrogens with zero attached hydrogens (tertiary/aromatic N) is 3. The van der Waals surface area contributed by atoms with Gasteiger partial charge in [0.25, 0.3) is 0 Å². The summed E-state index contributed by atoms with van der Waals surface area (Å²) in [6, 6.07) is 1.68. The summed E-state index contributed by atoms with van der Waals surface area (Å²) in [5.41, 5.74) is 1.55. The average molecular weight is 289 g/mol. The summed E-state index contributed by atoms with van der Waals surface area (Å²) in [5.74, 6) is -1.43. The van der Waals surface area contributed by atoms with Crippen molar-refractivity contribution in [2.24, 2.45) is 0 Å². The van der Waals surface area contributed by atoms with Crippen molar-refractivity contribution >= 4 is 11.9 Å². The van der Waals surface area contributed by atoms with Crippen molar-refractivity contribution < 1.29 is 19.4 Å². The van der Waals surface area contributed by atoms with Crippen LogP contribution in [0.2, 0.25) is 0 Å². The van der Waals surface area contributed by atoms with Gasteiger partial charge in [-0.15, -0.1) is 0 Å². The third kappa shape index (κ3) is 2.91. The highest BCUT2D eigenvalue weighted by atomic mass is 16.5. The first-order chi connectivity index (χ1) is 9.93. The molecular formula is C14H15N3O4. The normalized spacial score (nSPS) is 10.4. The summed E-state index contributed by atoms with van der Waals surface area (Å²) in [7, 11) is 0. The number of aromatic carboxylic acids is 1. The molecule has 0 radical (unpaired) electrons. The molecule has 0 bridgehead atoms. The number of aromatic nitrogens is 3. The molecule has 0 aromatic carbocycles. The molecule has 0 fully saturated rings. The Kier molecular flexibility index (Phi) is 4.02. The molecule has 0 aliphatic carbocycles. The van der Waals surface area contributed by atoms with Crippen LogP contribution in [0.5, 0.6) is 0 Å². The van der Waals surface area contributed by atoms with E-state index in [1.54, 1.807) is 26.8 Å². The molecule has 7 heteroatoms. The van der Waals surface area contributed by atoms with E-state index in [2.05, 4.69) is 10.1 Å². The van der Waals surface area contributed by atoms with E-state index in [1.807, 2.05) is 0 Å². The minimum Gasteiger partial charge on any atom is -0.478 e. The molecule has 0 unspecified atom stereocenters. The first-order valence-corrected chi connectivity index (χ1v) is 6.37. The first kappa shape index (κ1) is 14.7. The summed E-state index contributed by atoms with van der Waals surface area (Å²) in [6.45, 7) is 5.41. The predicted molar refractivity (Wildman–Crippen MR) is 73.7 cm³/mol. The molecule has 2 aromatic heterocycles. The number of hydrogen-bond donors (Lipinski definition) is 1. The van der Waals surface area contributed by atoms with Crippen LogP contribution in [0, 0.1) is 13.8 Å². The lowest BCUT2D eigenvalue weighted by Crippen LogP contribution is -2.11. The van der Waals surface area contributed by atoms with E-state index in [-0.39, 0.29) is 23.6 Å². The fourth-order valence-electron chi connectivity index (χ4n) is 2.01. The van der Waals surface area contributed by atoms with E-state index in [4.69, 9.17) is 4.74 Å². The van der Waals surface area contributed by atoms with Crippen LogP contribution in [-0.2, 0) is 4.74 Å². The molecular weight excluding hydrogens is 274 g/mol. The molecule has 7 nitrogen and oxygen atoms in total. The van der Waals surface area contributed by atoms with Crippen LogP contribution in [0.15, 0.2) is 18.5 Å². The van der Waals surface area contributed by atoms with Crippen LogP contribution in [0.4, 0.5) is 0 Å². The summed E-state index contributed by atoms with van der Waals surface area (Å²) in [5, 5.41) is 13.3. The van der Waals surface area contributed by atoms with Crippen LogP contribution >= 0.6 is 0 Å². The zero-order valence-electron chi connectivity index (χ0n) is 12.0. The van der Waals surface area contributed by atoms with Gasteiger partial charge >= 0.3 is 11.9 Å². The second-order valence-electron chi connectivity index (χ2n) is 4.48. The quantitative estimate of drug-likeness (QED) is 0.862. The molecule has 21 heavy (non-hydrogen) atoms. The van der Waals surface area contributed by atoms with E-state index in [1.165, 1.54) is 17.1 Å². The highest BCUT2D eigenvalue weighted by molar-refractivity contribution is 5.93. The van der Waals surface area contributed by atoms with Crippen molar-refractivity contribution in [3.63, 3.8) is 0 Å². The van der Waals surface area contributed by atoms with Gasteiger partial charge in [0.15, 0.2) is 5.82 Å². The van der Waals surface area contributed by atoms with Crippen LogP contribution in [0.1, 0.15) is 38.9 Å². The van der Waals surface area contributed by atoms with E-state index >= 15 is 0 Å².